The van der Waals surface area contributed by atoms with Crippen LogP contribution in [0.3, 0.4) is 0 Å². The topological polar surface area (TPSA) is 17.3 Å². The van der Waals surface area contributed by atoms with E-state index >= 15 is 0 Å². The predicted octanol–water partition coefficient (Wildman–Crippen LogP) is 6.25. The molecule has 0 aliphatic rings. The zero-order chi connectivity index (χ0) is 17.1. The van der Waals surface area contributed by atoms with Crippen molar-refractivity contribution >= 4 is 40.2 Å². The van der Waals surface area contributed by atoms with Gasteiger partial charge < -0.3 is 4.57 Å². The van der Waals surface area contributed by atoms with Crippen molar-refractivity contribution < 1.29 is 0 Å². The van der Waals surface area contributed by atoms with Crippen molar-refractivity contribution in [2.24, 2.45) is 4.99 Å². The lowest BCUT2D eigenvalue weighted by molar-refractivity contribution is 0.800. The van der Waals surface area contributed by atoms with Crippen LogP contribution in [0.4, 0.5) is 5.69 Å². The molecule has 0 saturated carbocycles. The Bertz CT molecular complexity index is 954. The van der Waals surface area contributed by atoms with Crippen LogP contribution in [0, 0.1) is 6.92 Å². The van der Waals surface area contributed by atoms with Gasteiger partial charge in [-0.1, -0.05) is 47.5 Å². The fourth-order valence-electron chi connectivity index (χ4n) is 2.43. The predicted molar refractivity (Wildman–Crippen MR) is 104 cm³/mol. The molecule has 122 valence electrons. The lowest BCUT2D eigenvalue weighted by Gasteiger charge is -2.09. The third kappa shape index (κ3) is 3.48. The Morgan fingerprint density at radius 1 is 1.21 bits per heavy atom. The zero-order valence-electron chi connectivity index (χ0n) is 13.2. The number of para-hydroxylation sites is 1. The van der Waals surface area contributed by atoms with Gasteiger partial charge in [0.1, 0.15) is 0 Å². The molecule has 0 aliphatic carbocycles. The van der Waals surface area contributed by atoms with E-state index in [9.17, 15) is 0 Å². The molecule has 0 amide bonds. The molecule has 0 saturated heterocycles. The summed E-state index contributed by atoms with van der Waals surface area (Å²) in [6, 6.07) is 13.6. The molecule has 0 radical (unpaired) electrons. The van der Waals surface area contributed by atoms with E-state index in [1.807, 2.05) is 36.4 Å². The number of hydrogen-bond donors (Lipinski definition) is 0. The molecule has 3 rings (SSSR count). The van der Waals surface area contributed by atoms with E-state index in [-0.39, 0.29) is 0 Å². The van der Waals surface area contributed by atoms with Crippen LogP contribution in [0.25, 0.3) is 11.3 Å². The van der Waals surface area contributed by atoms with Crippen molar-refractivity contribution in [2.45, 2.75) is 13.5 Å². The Morgan fingerprint density at radius 3 is 2.71 bits per heavy atom. The Hall–Kier alpha value is -1.81. The van der Waals surface area contributed by atoms with Crippen molar-refractivity contribution in [2.75, 3.05) is 0 Å². The monoisotopic (exact) mass is 374 g/mol. The van der Waals surface area contributed by atoms with Gasteiger partial charge in [-0.2, -0.15) is 0 Å². The molecule has 1 heterocycles. The van der Waals surface area contributed by atoms with Gasteiger partial charge in [-0.05, 0) is 36.8 Å². The molecule has 0 spiro atoms. The fourth-order valence-corrected chi connectivity index (χ4v) is 3.86. The Labute approximate surface area is 155 Å². The smallest absolute Gasteiger partial charge is 0.190 e. The lowest BCUT2D eigenvalue weighted by Crippen LogP contribution is -2.15. The molecule has 2 aromatic carbocycles. The fraction of sp³-hybridized carbons (Fsp3) is 0.105. The number of halogens is 2. The van der Waals surface area contributed by atoms with Crippen LogP contribution >= 0.6 is 34.5 Å². The molecule has 0 N–H and O–H groups in total. The highest BCUT2D eigenvalue weighted by Crippen LogP contribution is 2.31. The van der Waals surface area contributed by atoms with Crippen molar-refractivity contribution in [3.63, 3.8) is 0 Å². The number of rotatable bonds is 4. The zero-order valence-corrected chi connectivity index (χ0v) is 15.5. The molecule has 3 aromatic rings. The van der Waals surface area contributed by atoms with Gasteiger partial charge >= 0.3 is 0 Å². The second-order valence-electron chi connectivity index (χ2n) is 5.33. The summed E-state index contributed by atoms with van der Waals surface area (Å²) in [4.78, 5) is 5.72. The summed E-state index contributed by atoms with van der Waals surface area (Å²) in [6.45, 7) is 6.57. The summed E-state index contributed by atoms with van der Waals surface area (Å²) >= 11 is 14.0. The quantitative estimate of drug-likeness (QED) is 0.480. The van der Waals surface area contributed by atoms with E-state index in [1.165, 1.54) is 0 Å². The summed E-state index contributed by atoms with van der Waals surface area (Å²) in [5.41, 5.74) is 4.05. The van der Waals surface area contributed by atoms with Crippen LogP contribution in [0.5, 0.6) is 0 Å². The van der Waals surface area contributed by atoms with Gasteiger partial charge in [0.25, 0.3) is 0 Å². The van der Waals surface area contributed by atoms with Crippen molar-refractivity contribution in [1.82, 2.24) is 4.57 Å². The van der Waals surface area contributed by atoms with Gasteiger partial charge in [-0.3, -0.25) is 0 Å². The molecule has 24 heavy (non-hydrogen) atoms. The Kier molecular flexibility index (Phi) is 5.24. The van der Waals surface area contributed by atoms with E-state index in [4.69, 9.17) is 28.2 Å². The largest absolute Gasteiger partial charge is 0.313 e. The van der Waals surface area contributed by atoms with Gasteiger partial charge in [0.05, 0.1) is 16.4 Å². The van der Waals surface area contributed by atoms with E-state index in [0.29, 0.717) is 16.6 Å². The summed E-state index contributed by atoms with van der Waals surface area (Å²) in [7, 11) is 0. The molecule has 1 aromatic heterocycles. The van der Waals surface area contributed by atoms with Crippen molar-refractivity contribution in [3.05, 3.63) is 80.9 Å². The van der Waals surface area contributed by atoms with E-state index < -0.39 is 0 Å². The molecule has 5 heteroatoms. The van der Waals surface area contributed by atoms with Crippen LogP contribution in [0.2, 0.25) is 10.0 Å². The summed E-state index contributed by atoms with van der Waals surface area (Å²) in [5, 5.41) is 3.31. The minimum absolute atomic E-state index is 0.624. The maximum absolute atomic E-state index is 6.38. The van der Waals surface area contributed by atoms with Crippen LogP contribution in [-0.2, 0) is 6.54 Å². The minimum Gasteiger partial charge on any atom is -0.313 e. The van der Waals surface area contributed by atoms with Crippen LogP contribution in [-0.4, -0.2) is 4.57 Å². The highest BCUT2D eigenvalue weighted by atomic mass is 35.5. The average Bonchev–Trinajstić information content (AvgIpc) is 2.93. The second kappa shape index (κ2) is 7.39. The highest BCUT2D eigenvalue weighted by molar-refractivity contribution is 7.07. The molecule has 0 unspecified atom stereocenters. The SMILES string of the molecule is C=CCn1c(-c2ccc(Cl)cc2Cl)csc1=Nc1ccccc1C. The first kappa shape index (κ1) is 17.0. The molecule has 0 aliphatic heterocycles. The lowest BCUT2D eigenvalue weighted by atomic mass is 10.1. The standard InChI is InChI=1S/C19H16Cl2N2S/c1-3-10-23-18(15-9-8-14(20)11-16(15)21)12-24-19(23)22-17-7-5-4-6-13(17)2/h3-9,11-12H,1,10H2,2H3. The van der Waals surface area contributed by atoms with Crippen molar-refractivity contribution in [3.8, 4) is 11.3 Å². The number of benzene rings is 2. The molecule has 0 atom stereocenters. The number of thiazole rings is 1. The highest BCUT2D eigenvalue weighted by Gasteiger charge is 2.11. The third-order valence-corrected chi connectivity index (χ3v) is 5.06. The number of aromatic nitrogens is 1. The summed E-state index contributed by atoms with van der Waals surface area (Å²) in [6.07, 6.45) is 1.86. The first-order valence-corrected chi connectivity index (χ1v) is 9.08. The first-order valence-electron chi connectivity index (χ1n) is 7.45. The molecular weight excluding hydrogens is 359 g/mol. The molecule has 2 nitrogen and oxygen atoms in total. The molecular formula is C19H16Cl2N2S. The normalized spacial score (nSPS) is 11.7. The second-order valence-corrected chi connectivity index (χ2v) is 7.01. The van der Waals surface area contributed by atoms with E-state index in [0.717, 1.165) is 27.3 Å². The van der Waals surface area contributed by atoms with Crippen LogP contribution in [0.1, 0.15) is 5.56 Å². The van der Waals surface area contributed by atoms with Gasteiger partial charge in [0.15, 0.2) is 4.80 Å². The van der Waals surface area contributed by atoms with E-state index in [1.54, 1.807) is 17.4 Å². The number of nitrogens with zero attached hydrogens (tertiary/aromatic N) is 2. The average molecular weight is 375 g/mol. The molecule has 0 bridgehead atoms. The van der Waals surface area contributed by atoms with Gasteiger partial charge in [-0.25, -0.2) is 4.99 Å². The Morgan fingerprint density at radius 2 is 2.00 bits per heavy atom. The number of allylic oxidation sites excluding steroid dienone is 1. The maximum atomic E-state index is 6.38. The van der Waals surface area contributed by atoms with Crippen molar-refractivity contribution in [1.29, 1.82) is 0 Å². The van der Waals surface area contributed by atoms with Crippen LogP contribution < -0.4 is 4.80 Å². The summed E-state index contributed by atoms with van der Waals surface area (Å²) < 4.78 is 2.11. The Balaban J connectivity index is 2.18. The summed E-state index contributed by atoms with van der Waals surface area (Å²) in [5.74, 6) is 0. The van der Waals surface area contributed by atoms with Crippen LogP contribution in [0.15, 0.2) is 65.5 Å². The number of aryl methyl sites for hydroxylation is 1. The maximum Gasteiger partial charge on any atom is 0.190 e. The van der Waals surface area contributed by atoms with Gasteiger partial charge in [0.2, 0.25) is 0 Å². The van der Waals surface area contributed by atoms with E-state index in [2.05, 4.69) is 29.5 Å². The molecule has 0 fully saturated rings. The third-order valence-electron chi connectivity index (χ3n) is 3.65. The minimum atomic E-state index is 0.624. The van der Waals surface area contributed by atoms with Gasteiger partial charge in [0, 0.05) is 22.5 Å². The number of hydrogen-bond acceptors (Lipinski definition) is 2. The van der Waals surface area contributed by atoms with Gasteiger partial charge in [-0.15, -0.1) is 17.9 Å². The first-order chi connectivity index (χ1) is 11.6.